The molecular formula is C13H19N5O2. The van der Waals surface area contributed by atoms with Crippen LogP contribution in [0.5, 0.6) is 0 Å². The van der Waals surface area contributed by atoms with Gasteiger partial charge < -0.3 is 9.84 Å². The SMILES string of the molecule is Cn1cc(CN2Cc3[nH]nc(COCCO)c3C2)cn1. The second-order valence-corrected chi connectivity index (χ2v) is 5.07. The average Bonchev–Trinajstić information content (AvgIpc) is 3.08. The first-order valence-electron chi connectivity index (χ1n) is 6.69. The van der Waals surface area contributed by atoms with Gasteiger partial charge in [-0.2, -0.15) is 10.2 Å². The molecule has 3 heterocycles. The molecule has 3 rings (SSSR count). The first-order chi connectivity index (χ1) is 9.76. The monoisotopic (exact) mass is 277 g/mol. The molecule has 0 aromatic carbocycles. The largest absolute Gasteiger partial charge is 0.394 e. The van der Waals surface area contributed by atoms with E-state index >= 15 is 0 Å². The number of aromatic nitrogens is 4. The Morgan fingerprint density at radius 1 is 1.45 bits per heavy atom. The lowest BCUT2D eigenvalue weighted by molar-refractivity contribution is 0.0790. The van der Waals surface area contributed by atoms with Gasteiger partial charge in [-0.1, -0.05) is 0 Å². The molecule has 2 aromatic heterocycles. The molecule has 0 radical (unpaired) electrons. The lowest BCUT2D eigenvalue weighted by Crippen LogP contribution is -2.16. The van der Waals surface area contributed by atoms with Crippen molar-refractivity contribution in [1.82, 2.24) is 24.9 Å². The summed E-state index contributed by atoms with van der Waals surface area (Å²) in [5.41, 5.74) is 4.55. The van der Waals surface area contributed by atoms with Crippen molar-refractivity contribution >= 4 is 0 Å². The molecule has 0 saturated carbocycles. The maximum absolute atomic E-state index is 8.73. The van der Waals surface area contributed by atoms with Crippen molar-refractivity contribution in [2.75, 3.05) is 13.2 Å². The van der Waals surface area contributed by atoms with E-state index in [0.29, 0.717) is 13.2 Å². The molecule has 0 amide bonds. The summed E-state index contributed by atoms with van der Waals surface area (Å²) in [5.74, 6) is 0. The minimum absolute atomic E-state index is 0.0414. The summed E-state index contributed by atoms with van der Waals surface area (Å²) in [7, 11) is 1.93. The number of aryl methyl sites for hydroxylation is 1. The standard InChI is InChI=1S/C13H19N5O2/c1-17-5-10(4-14-17)6-18-7-11-12(8-18)15-16-13(11)9-20-3-2-19/h4-5,19H,2-3,6-9H2,1H3,(H,15,16). The molecule has 0 saturated heterocycles. The highest BCUT2D eigenvalue weighted by molar-refractivity contribution is 5.28. The van der Waals surface area contributed by atoms with Gasteiger partial charge in [0.25, 0.3) is 0 Å². The van der Waals surface area contributed by atoms with Crippen molar-refractivity contribution in [3.05, 3.63) is 34.9 Å². The van der Waals surface area contributed by atoms with Crippen molar-refractivity contribution in [2.45, 2.75) is 26.2 Å². The van der Waals surface area contributed by atoms with E-state index in [9.17, 15) is 0 Å². The topological polar surface area (TPSA) is 79.2 Å². The number of aliphatic hydroxyl groups is 1. The molecule has 20 heavy (non-hydrogen) atoms. The van der Waals surface area contributed by atoms with E-state index in [0.717, 1.165) is 31.0 Å². The number of hydrogen-bond acceptors (Lipinski definition) is 5. The van der Waals surface area contributed by atoms with Gasteiger partial charge in [0.2, 0.25) is 0 Å². The van der Waals surface area contributed by atoms with Crippen molar-refractivity contribution in [1.29, 1.82) is 0 Å². The molecule has 1 aliphatic heterocycles. The average molecular weight is 277 g/mol. The van der Waals surface area contributed by atoms with Gasteiger partial charge in [0.15, 0.2) is 0 Å². The van der Waals surface area contributed by atoms with E-state index in [1.807, 2.05) is 24.1 Å². The second kappa shape index (κ2) is 5.74. The smallest absolute Gasteiger partial charge is 0.0927 e. The number of aromatic amines is 1. The lowest BCUT2D eigenvalue weighted by Gasteiger charge is -2.13. The summed E-state index contributed by atoms with van der Waals surface area (Å²) in [6.07, 6.45) is 3.94. The molecule has 0 aliphatic carbocycles. The van der Waals surface area contributed by atoms with E-state index in [2.05, 4.69) is 20.2 Å². The minimum atomic E-state index is 0.0414. The molecule has 0 atom stereocenters. The van der Waals surface area contributed by atoms with Gasteiger partial charge in [-0.3, -0.25) is 14.7 Å². The number of hydrogen-bond donors (Lipinski definition) is 2. The Kier molecular flexibility index (Phi) is 3.81. The minimum Gasteiger partial charge on any atom is -0.394 e. The Balaban J connectivity index is 1.60. The van der Waals surface area contributed by atoms with Crippen LogP contribution in [0.3, 0.4) is 0 Å². The Morgan fingerprint density at radius 2 is 2.35 bits per heavy atom. The van der Waals surface area contributed by atoms with Crippen LogP contribution >= 0.6 is 0 Å². The maximum Gasteiger partial charge on any atom is 0.0927 e. The summed E-state index contributed by atoms with van der Waals surface area (Å²) in [5, 5.41) is 20.3. The summed E-state index contributed by atoms with van der Waals surface area (Å²) in [4.78, 5) is 2.34. The fourth-order valence-electron chi connectivity index (χ4n) is 2.54. The molecule has 7 heteroatoms. The summed E-state index contributed by atoms with van der Waals surface area (Å²) >= 11 is 0. The Hall–Kier alpha value is -1.70. The van der Waals surface area contributed by atoms with E-state index in [1.165, 1.54) is 11.1 Å². The van der Waals surface area contributed by atoms with E-state index < -0.39 is 0 Å². The number of fused-ring (bicyclic) bond motifs is 1. The summed E-state index contributed by atoms with van der Waals surface area (Å²) < 4.78 is 7.16. The number of rotatable bonds is 6. The molecule has 1 aliphatic rings. The van der Waals surface area contributed by atoms with Gasteiger partial charge in [-0.05, 0) is 0 Å². The predicted molar refractivity (Wildman–Crippen MR) is 71.5 cm³/mol. The first kappa shape index (κ1) is 13.3. The van der Waals surface area contributed by atoms with Crippen molar-refractivity contribution < 1.29 is 9.84 Å². The van der Waals surface area contributed by atoms with E-state index in [4.69, 9.17) is 9.84 Å². The fourth-order valence-corrected chi connectivity index (χ4v) is 2.54. The third-order valence-corrected chi connectivity index (χ3v) is 3.44. The van der Waals surface area contributed by atoms with Gasteiger partial charge in [-0.25, -0.2) is 0 Å². The Bertz CT molecular complexity index is 577. The molecule has 0 fully saturated rings. The number of aliphatic hydroxyl groups excluding tert-OH is 1. The van der Waals surface area contributed by atoms with Crippen LogP contribution in [0.2, 0.25) is 0 Å². The van der Waals surface area contributed by atoms with Crippen LogP contribution in [0.1, 0.15) is 22.5 Å². The second-order valence-electron chi connectivity index (χ2n) is 5.07. The maximum atomic E-state index is 8.73. The Labute approximate surface area is 117 Å². The zero-order chi connectivity index (χ0) is 13.9. The third kappa shape index (κ3) is 2.74. The molecule has 2 aromatic rings. The van der Waals surface area contributed by atoms with Crippen LogP contribution in [-0.4, -0.2) is 43.2 Å². The summed E-state index contributed by atoms with van der Waals surface area (Å²) in [6.45, 7) is 3.47. The molecule has 0 spiro atoms. The van der Waals surface area contributed by atoms with E-state index in [1.54, 1.807) is 0 Å². The highest BCUT2D eigenvalue weighted by Gasteiger charge is 2.24. The number of ether oxygens (including phenoxy) is 1. The van der Waals surface area contributed by atoms with Crippen LogP contribution in [0, 0.1) is 0 Å². The third-order valence-electron chi connectivity index (χ3n) is 3.44. The number of nitrogens with one attached hydrogen (secondary N) is 1. The fraction of sp³-hybridized carbons (Fsp3) is 0.538. The highest BCUT2D eigenvalue weighted by Crippen LogP contribution is 2.25. The molecule has 7 nitrogen and oxygen atoms in total. The van der Waals surface area contributed by atoms with Gasteiger partial charge in [-0.15, -0.1) is 0 Å². The van der Waals surface area contributed by atoms with Crippen LogP contribution < -0.4 is 0 Å². The van der Waals surface area contributed by atoms with E-state index in [-0.39, 0.29) is 6.61 Å². The van der Waals surface area contributed by atoms with Crippen LogP contribution in [0.25, 0.3) is 0 Å². The molecule has 0 unspecified atom stereocenters. The van der Waals surface area contributed by atoms with Crippen molar-refractivity contribution in [3.8, 4) is 0 Å². The molecule has 108 valence electrons. The first-order valence-corrected chi connectivity index (χ1v) is 6.69. The van der Waals surface area contributed by atoms with Crippen molar-refractivity contribution in [2.24, 2.45) is 7.05 Å². The van der Waals surface area contributed by atoms with Crippen LogP contribution in [0.15, 0.2) is 12.4 Å². The zero-order valence-corrected chi connectivity index (χ0v) is 11.5. The highest BCUT2D eigenvalue weighted by atomic mass is 16.5. The number of H-pyrrole nitrogens is 1. The molecular weight excluding hydrogens is 258 g/mol. The number of nitrogens with zero attached hydrogens (tertiary/aromatic N) is 4. The van der Waals surface area contributed by atoms with Gasteiger partial charge >= 0.3 is 0 Å². The quantitative estimate of drug-likeness (QED) is 0.736. The predicted octanol–water partition coefficient (Wildman–Crippen LogP) is 0.168. The molecule has 0 bridgehead atoms. The summed E-state index contributed by atoms with van der Waals surface area (Å²) in [6, 6.07) is 0. The molecule has 2 N–H and O–H groups in total. The van der Waals surface area contributed by atoms with Crippen LogP contribution in [0.4, 0.5) is 0 Å². The zero-order valence-electron chi connectivity index (χ0n) is 11.5. The van der Waals surface area contributed by atoms with Crippen LogP contribution in [-0.2, 0) is 38.0 Å². The van der Waals surface area contributed by atoms with Gasteiger partial charge in [0, 0.05) is 44.0 Å². The van der Waals surface area contributed by atoms with Gasteiger partial charge in [0.05, 0.1) is 37.4 Å². The lowest BCUT2D eigenvalue weighted by atomic mass is 10.2. The van der Waals surface area contributed by atoms with Crippen molar-refractivity contribution in [3.63, 3.8) is 0 Å². The Morgan fingerprint density at radius 3 is 3.10 bits per heavy atom. The normalized spacial score (nSPS) is 14.9. The van der Waals surface area contributed by atoms with Gasteiger partial charge in [0.1, 0.15) is 0 Å².